The Morgan fingerprint density at radius 2 is 2.11 bits per heavy atom. The highest BCUT2D eigenvalue weighted by Gasteiger charge is 2.26. The number of aromatic amines is 1. The van der Waals surface area contributed by atoms with Crippen LogP contribution in [0.15, 0.2) is 17.3 Å². The molecule has 1 aromatic heterocycles. The van der Waals surface area contributed by atoms with Gasteiger partial charge in [-0.15, -0.1) is 11.6 Å². The Kier molecular flexibility index (Phi) is 4.64. The summed E-state index contributed by atoms with van der Waals surface area (Å²) in [5.74, 6) is 1.38. The molecule has 2 unspecified atom stereocenters. The Balaban J connectivity index is 1.94. The van der Waals surface area contributed by atoms with E-state index in [0.29, 0.717) is 24.3 Å². The van der Waals surface area contributed by atoms with Gasteiger partial charge in [0.05, 0.1) is 6.20 Å². The molecule has 2 N–H and O–H groups in total. The molecule has 2 rings (SSSR count). The summed E-state index contributed by atoms with van der Waals surface area (Å²) in [5, 5.41) is 6.15. The third-order valence-electron chi connectivity index (χ3n) is 3.58. The highest BCUT2D eigenvalue weighted by atomic mass is 35.5. The molecular weight excluding hydrogens is 274 g/mol. The van der Waals surface area contributed by atoms with Gasteiger partial charge in [-0.1, -0.05) is 12.8 Å². The molecule has 7 heteroatoms. The van der Waals surface area contributed by atoms with Crippen molar-refractivity contribution in [3.8, 4) is 0 Å². The number of rotatable bonds is 5. The summed E-state index contributed by atoms with van der Waals surface area (Å²) in [7, 11) is -3.43. The summed E-state index contributed by atoms with van der Waals surface area (Å²) in [4.78, 5) is 0.181. The second-order valence-corrected chi connectivity index (χ2v) is 6.82. The lowest BCUT2D eigenvalue weighted by Gasteiger charge is -2.30. The Bertz CT molecular complexity index is 461. The van der Waals surface area contributed by atoms with Gasteiger partial charge in [0.2, 0.25) is 10.0 Å². The Morgan fingerprint density at radius 3 is 2.72 bits per heavy atom. The minimum absolute atomic E-state index is 0.181. The smallest absolute Gasteiger partial charge is 0.243 e. The first-order chi connectivity index (χ1) is 8.63. The van der Waals surface area contributed by atoms with Crippen LogP contribution in [-0.4, -0.2) is 31.0 Å². The summed E-state index contributed by atoms with van der Waals surface area (Å²) in [6.45, 7) is 0.463. The Labute approximate surface area is 112 Å². The van der Waals surface area contributed by atoms with Crippen LogP contribution >= 0.6 is 11.6 Å². The van der Waals surface area contributed by atoms with E-state index in [-0.39, 0.29) is 4.90 Å². The van der Waals surface area contributed by atoms with Crippen LogP contribution in [0.5, 0.6) is 0 Å². The van der Waals surface area contributed by atoms with Crippen molar-refractivity contribution in [1.82, 2.24) is 14.9 Å². The molecule has 0 amide bonds. The zero-order chi connectivity index (χ0) is 13.0. The predicted molar refractivity (Wildman–Crippen MR) is 69.9 cm³/mol. The lowest BCUT2D eigenvalue weighted by molar-refractivity contribution is 0.260. The first-order valence-electron chi connectivity index (χ1n) is 6.18. The second-order valence-electron chi connectivity index (χ2n) is 4.74. The molecule has 0 radical (unpaired) electrons. The molecule has 1 aromatic rings. The molecule has 1 fully saturated rings. The van der Waals surface area contributed by atoms with Crippen molar-refractivity contribution in [3.05, 3.63) is 12.4 Å². The van der Waals surface area contributed by atoms with E-state index < -0.39 is 10.0 Å². The van der Waals surface area contributed by atoms with Gasteiger partial charge < -0.3 is 0 Å². The van der Waals surface area contributed by atoms with Crippen LogP contribution in [0.1, 0.15) is 25.7 Å². The van der Waals surface area contributed by atoms with Crippen LogP contribution in [0.4, 0.5) is 0 Å². The maximum atomic E-state index is 11.9. The van der Waals surface area contributed by atoms with Gasteiger partial charge in [0, 0.05) is 18.6 Å². The van der Waals surface area contributed by atoms with E-state index in [0.717, 1.165) is 19.3 Å². The van der Waals surface area contributed by atoms with Gasteiger partial charge in [-0.05, 0) is 24.7 Å². The quantitative estimate of drug-likeness (QED) is 0.811. The molecule has 0 spiro atoms. The molecule has 1 heterocycles. The van der Waals surface area contributed by atoms with E-state index in [9.17, 15) is 8.42 Å². The van der Waals surface area contributed by atoms with Crippen LogP contribution in [-0.2, 0) is 10.0 Å². The highest BCUT2D eigenvalue weighted by molar-refractivity contribution is 7.89. The van der Waals surface area contributed by atoms with Crippen molar-refractivity contribution in [2.24, 2.45) is 11.8 Å². The van der Waals surface area contributed by atoms with Crippen LogP contribution in [0.25, 0.3) is 0 Å². The third-order valence-corrected chi connectivity index (χ3v) is 5.37. The average molecular weight is 292 g/mol. The maximum absolute atomic E-state index is 11.9. The second kappa shape index (κ2) is 6.04. The first kappa shape index (κ1) is 13.8. The molecule has 2 atom stereocenters. The standard InChI is InChI=1S/C11H18ClN3O2S/c12-5-9-3-1-2-4-10(9)6-15-18(16,17)11-7-13-14-8-11/h7-10,15H,1-6H2,(H,13,14). The normalized spacial score (nSPS) is 25.2. The van der Waals surface area contributed by atoms with Crippen molar-refractivity contribution in [1.29, 1.82) is 0 Å². The number of nitrogens with zero attached hydrogens (tertiary/aromatic N) is 1. The van der Waals surface area contributed by atoms with Crippen LogP contribution in [0.2, 0.25) is 0 Å². The minimum Gasteiger partial charge on any atom is -0.284 e. The molecule has 0 aliphatic heterocycles. The number of halogens is 1. The summed E-state index contributed by atoms with van der Waals surface area (Å²) < 4.78 is 26.5. The van der Waals surface area contributed by atoms with Gasteiger partial charge in [0.1, 0.15) is 4.90 Å². The molecular formula is C11H18ClN3O2S. The number of alkyl halides is 1. The van der Waals surface area contributed by atoms with Gasteiger partial charge in [-0.3, -0.25) is 5.10 Å². The molecule has 1 saturated carbocycles. The monoisotopic (exact) mass is 291 g/mol. The molecule has 102 valence electrons. The molecule has 5 nitrogen and oxygen atoms in total. The molecule has 1 aliphatic carbocycles. The Morgan fingerprint density at radius 1 is 1.39 bits per heavy atom. The minimum atomic E-state index is -3.43. The van der Waals surface area contributed by atoms with E-state index in [1.807, 2.05) is 0 Å². The largest absolute Gasteiger partial charge is 0.284 e. The Hall–Kier alpha value is -0.590. The summed E-state index contributed by atoms with van der Waals surface area (Å²) in [6, 6.07) is 0. The highest BCUT2D eigenvalue weighted by Crippen LogP contribution is 2.30. The van der Waals surface area contributed by atoms with Gasteiger partial charge in [0.25, 0.3) is 0 Å². The van der Waals surface area contributed by atoms with E-state index in [1.54, 1.807) is 0 Å². The van der Waals surface area contributed by atoms with E-state index in [2.05, 4.69) is 14.9 Å². The number of H-pyrrole nitrogens is 1. The summed E-state index contributed by atoms with van der Waals surface area (Å²) in [6.07, 6.45) is 7.19. The van der Waals surface area contributed by atoms with Crippen molar-refractivity contribution in [2.75, 3.05) is 12.4 Å². The van der Waals surface area contributed by atoms with Gasteiger partial charge in [0.15, 0.2) is 0 Å². The zero-order valence-corrected chi connectivity index (χ0v) is 11.7. The fourth-order valence-electron chi connectivity index (χ4n) is 2.44. The molecule has 18 heavy (non-hydrogen) atoms. The zero-order valence-electron chi connectivity index (χ0n) is 10.1. The summed E-state index contributed by atoms with van der Waals surface area (Å²) >= 11 is 5.93. The lowest BCUT2D eigenvalue weighted by atomic mass is 9.80. The van der Waals surface area contributed by atoms with Crippen molar-refractivity contribution in [2.45, 2.75) is 30.6 Å². The number of hydrogen-bond acceptors (Lipinski definition) is 3. The van der Waals surface area contributed by atoms with E-state index in [4.69, 9.17) is 11.6 Å². The SMILES string of the molecule is O=S(=O)(NCC1CCCCC1CCl)c1cn[nH]c1. The third kappa shape index (κ3) is 3.24. The van der Waals surface area contributed by atoms with Crippen LogP contribution < -0.4 is 4.72 Å². The van der Waals surface area contributed by atoms with E-state index in [1.165, 1.54) is 18.8 Å². The fraction of sp³-hybridized carbons (Fsp3) is 0.727. The van der Waals surface area contributed by atoms with Crippen molar-refractivity contribution >= 4 is 21.6 Å². The van der Waals surface area contributed by atoms with Crippen LogP contribution in [0, 0.1) is 11.8 Å². The molecule has 1 aliphatic rings. The predicted octanol–water partition coefficient (Wildman–Crippen LogP) is 1.73. The topological polar surface area (TPSA) is 74.8 Å². The van der Waals surface area contributed by atoms with E-state index >= 15 is 0 Å². The fourth-order valence-corrected chi connectivity index (χ4v) is 3.85. The molecule has 0 aromatic carbocycles. The number of aromatic nitrogens is 2. The summed E-state index contributed by atoms with van der Waals surface area (Å²) in [5.41, 5.74) is 0. The number of hydrogen-bond donors (Lipinski definition) is 2. The van der Waals surface area contributed by atoms with Gasteiger partial charge in [-0.2, -0.15) is 5.10 Å². The maximum Gasteiger partial charge on any atom is 0.243 e. The number of nitrogens with one attached hydrogen (secondary N) is 2. The van der Waals surface area contributed by atoms with Crippen molar-refractivity contribution < 1.29 is 8.42 Å². The van der Waals surface area contributed by atoms with Crippen LogP contribution in [0.3, 0.4) is 0 Å². The van der Waals surface area contributed by atoms with Crippen molar-refractivity contribution in [3.63, 3.8) is 0 Å². The number of sulfonamides is 1. The molecule has 0 bridgehead atoms. The van der Waals surface area contributed by atoms with Gasteiger partial charge in [-0.25, -0.2) is 13.1 Å². The first-order valence-corrected chi connectivity index (χ1v) is 8.19. The molecule has 0 saturated heterocycles. The van der Waals surface area contributed by atoms with Gasteiger partial charge >= 0.3 is 0 Å². The average Bonchev–Trinajstić information content (AvgIpc) is 2.91. The lowest BCUT2D eigenvalue weighted by Crippen LogP contribution is -2.34.